The van der Waals surface area contributed by atoms with Crippen LogP contribution in [0.5, 0.6) is 0 Å². The molecule has 0 unspecified atom stereocenters. The predicted molar refractivity (Wildman–Crippen MR) is 64.4 cm³/mol. The Balaban J connectivity index is 2.82. The van der Waals surface area contributed by atoms with Gasteiger partial charge in [0.2, 0.25) is 0 Å². The number of hydrogen-bond acceptors (Lipinski definition) is 4. The summed E-state index contributed by atoms with van der Waals surface area (Å²) in [7, 11) is -0.344. The number of aromatic nitrogens is 2. The fourth-order valence-electron chi connectivity index (χ4n) is 1.07. The number of rotatable bonds is 5. The quantitative estimate of drug-likeness (QED) is 0.738. The maximum Gasteiger partial charge on any atom is 0.261 e. The molecule has 1 aromatic rings. The Hall–Kier alpha value is -0.990. The first kappa shape index (κ1) is 13.1. The molecule has 16 heavy (non-hydrogen) atoms. The van der Waals surface area contributed by atoms with Crippen molar-refractivity contribution in [2.45, 2.75) is 11.4 Å². The Morgan fingerprint density at radius 2 is 2.31 bits per heavy atom. The van der Waals surface area contributed by atoms with E-state index in [2.05, 4.69) is 4.98 Å². The number of nitrogens with zero attached hydrogens (tertiary/aromatic N) is 3. The Morgan fingerprint density at radius 1 is 1.69 bits per heavy atom. The maximum absolute atomic E-state index is 11.9. The van der Waals surface area contributed by atoms with Gasteiger partial charge < -0.3 is 10.3 Å². The van der Waals surface area contributed by atoms with Crippen LogP contribution in [0.15, 0.2) is 17.6 Å². The summed E-state index contributed by atoms with van der Waals surface area (Å²) in [5, 5.41) is 0.0282. The molecule has 0 fully saturated rings. The lowest BCUT2D eigenvalue weighted by molar-refractivity contribution is 0.476. The van der Waals surface area contributed by atoms with Crippen LogP contribution < -0.4 is 5.73 Å². The smallest absolute Gasteiger partial charge is 0.261 e. The minimum absolute atomic E-state index is 0.0282. The van der Waals surface area contributed by atoms with Crippen molar-refractivity contribution in [1.29, 1.82) is 0 Å². The van der Waals surface area contributed by atoms with E-state index >= 15 is 0 Å². The molecule has 1 rings (SSSR count). The highest BCUT2D eigenvalue weighted by Crippen LogP contribution is 2.11. The third-order valence-corrected chi connectivity index (χ3v) is 3.98. The minimum Gasteiger partial charge on any atom is -0.393 e. The lowest BCUT2D eigenvalue weighted by Crippen LogP contribution is -2.30. The molecule has 1 heterocycles. The number of aryl methyl sites for hydroxylation is 1. The molecule has 0 spiro atoms. The minimum atomic E-state index is -3.53. The Labute approximate surface area is 100 Å². The number of sulfonamides is 1. The van der Waals surface area contributed by atoms with E-state index in [9.17, 15) is 8.42 Å². The normalized spacial score (nSPS) is 11.9. The van der Waals surface area contributed by atoms with E-state index in [1.165, 1.54) is 23.9 Å². The average Bonchev–Trinajstić information content (AvgIpc) is 2.61. The molecule has 1 aromatic heterocycles. The molecule has 8 heteroatoms. The molecule has 0 aliphatic heterocycles. The maximum atomic E-state index is 11.9. The zero-order valence-corrected chi connectivity index (χ0v) is 10.8. The topological polar surface area (TPSA) is 81.2 Å². The van der Waals surface area contributed by atoms with Crippen molar-refractivity contribution in [2.75, 3.05) is 13.6 Å². The Kier molecular flexibility index (Phi) is 4.00. The summed E-state index contributed by atoms with van der Waals surface area (Å²) in [5.74, 6) is 0. The first-order valence-electron chi connectivity index (χ1n) is 4.56. The van der Waals surface area contributed by atoms with Crippen LogP contribution >= 0.6 is 12.2 Å². The van der Waals surface area contributed by atoms with Crippen LogP contribution in [0.2, 0.25) is 0 Å². The second kappa shape index (κ2) is 4.89. The zero-order valence-electron chi connectivity index (χ0n) is 9.12. The number of imidazole rings is 1. The van der Waals surface area contributed by atoms with Crippen LogP contribution in [0, 0.1) is 0 Å². The van der Waals surface area contributed by atoms with Crippen LogP contribution in [0.4, 0.5) is 0 Å². The van der Waals surface area contributed by atoms with E-state index in [0.29, 0.717) is 11.4 Å². The van der Waals surface area contributed by atoms with Gasteiger partial charge in [-0.3, -0.25) is 0 Å². The van der Waals surface area contributed by atoms with Gasteiger partial charge in [0.05, 0.1) is 11.3 Å². The summed E-state index contributed by atoms with van der Waals surface area (Å²) < 4.78 is 26.6. The van der Waals surface area contributed by atoms with Crippen molar-refractivity contribution < 1.29 is 8.42 Å². The lowest BCUT2D eigenvalue weighted by atomic mass is 10.4. The molecular formula is C8H14N4O2S2. The van der Waals surface area contributed by atoms with E-state index in [-0.39, 0.29) is 11.6 Å². The first-order chi connectivity index (χ1) is 7.34. The van der Waals surface area contributed by atoms with Gasteiger partial charge in [-0.2, -0.15) is 4.31 Å². The second-order valence-electron chi connectivity index (χ2n) is 3.42. The zero-order chi connectivity index (χ0) is 12.3. The third-order valence-electron chi connectivity index (χ3n) is 2.03. The standard InChI is InChI=1S/C8H14N4O2S2/c1-11-5-8(10-6-11)16(13,14)12(2)4-3-7(9)15/h5-6H,3-4H2,1-2H3,(H2,9,15). The molecule has 0 aromatic carbocycles. The molecule has 0 saturated heterocycles. The molecule has 0 aliphatic rings. The fourth-order valence-corrected chi connectivity index (χ4v) is 2.29. The summed E-state index contributed by atoms with van der Waals surface area (Å²) in [6, 6.07) is 0. The van der Waals surface area contributed by atoms with Crippen LogP contribution in [0.1, 0.15) is 6.42 Å². The van der Waals surface area contributed by atoms with Crippen LogP contribution in [0.25, 0.3) is 0 Å². The third kappa shape index (κ3) is 3.00. The van der Waals surface area contributed by atoms with Crippen molar-refractivity contribution in [3.8, 4) is 0 Å². The molecule has 90 valence electrons. The van der Waals surface area contributed by atoms with Crippen molar-refractivity contribution in [3.05, 3.63) is 12.5 Å². The molecular weight excluding hydrogens is 248 g/mol. The molecule has 0 bridgehead atoms. The molecule has 6 nitrogen and oxygen atoms in total. The van der Waals surface area contributed by atoms with E-state index < -0.39 is 10.0 Å². The molecule has 0 aliphatic carbocycles. The van der Waals surface area contributed by atoms with E-state index in [4.69, 9.17) is 18.0 Å². The van der Waals surface area contributed by atoms with Crippen molar-refractivity contribution in [3.63, 3.8) is 0 Å². The summed E-state index contributed by atoms with van der Waals surface area (Å²) in [4.78, 5) is 4.10. The molecule has 0 radical (unpaired) electrons. The predicted octanol–water partition coefficient (Wildman–Crippen LogP) is -0.283. The van der Waals surface area contributed by atoms with Crippen molar-refractivity contribution >= 4 is 27.2 Å². The SMILES string of the molecule is CN(CCC(N)=S)S(=O)(=O)c1cn(C)cn1. The first-order valence-corrected chi connectivity index (χ1v) is 6.41. The largest absolute Gasteiger partial charge is 0.393 e. The van der Waals surface area contributed by atoms with E-state index in [1.54, 1.807) is 11.6 Å². The van der Waals surface area contributed by atoms with Gasteiger partial charge in [-0.1, -0.05) is 12.2 Å². The van der Waals surface area contributed by atoms with Gasteiger partial charge in [0.25, 0.3) is 10.0 Å². The lowest BCUT2D eigenvalue weighted by Gasteiger charge is -2.14. The van der Waals surface area contributed by atoms with Crippen molar-refractivity contribution in [2.24, 2.45) is 12.8 Å². The Bertz CT molecular complexity index is 480. The summed E-state index contributed by atoms with van der Waals surface area (Å²) in [6.07, 6.45) is 3.25. The molecule has 0 saturated carbocycles. The Morgan fingerprint density at radius 3 is 2.75 bits per heavy atom. The average molecular weight is 262 g/mol. The van der Waals surface area contributed by atoms with E-state index in [1.807, 2.05) is 0 Å². The number of thiocarbonyl (C=S) groups is 1. The molecule has 0 amide bonds. The highest BCUT2D eigenvalue weighted by atomic mass is 32.2. The van der Waals surface area contributed by atoms with Crippen LogP contribution in [0.3, 0.4) is 0 Å². The van der Waals surface area contributed by atoms with Crippen LogP contribution in [-0.2, 0) is 17.1 Å². The summed E-state index contributed by atoms with van der Waals surface area (Å²) >= 11 is 4.69. The van der Waals surface area contributed by atoms with Gasteiger partial charge in [-0.25, -0.2) is 13.4 Å². The van der Waals surface area contributed by atoms with Gasteiger partial charge in [0, 0.05) is 33.3 Å². The van der Waals surface area contributed by atoms with Crippen LogP contribution in [-0.4, -0.2) is 40.9 Å². The van der Waals surface area contributed by atoms with Crippen molar-refractivity contribution in [1.82, 2.24) is 13.9 Å². The van der Waals surface area contributed by atoms with Gasteiger partial charge in [-0.05, 0) is 0 Å². The fraction of sp³-hybridized carbons (Fsp3) is 0.500. The highest BCUT2D eigenvalue weighted by molar-refractivity contribution is 7.89. The summed E-state index contributed by atoms with van der Waals surface area (Å²) in [6.45, 7) is 0.258. The number of nitrogens with two attached hydrogens (primary N) is 1. The van der Waals surface area contributed by atoms with Gasteiger partial charge >= 0.3 is 0 Å². The molecule has 0 atom stereocenters. The highest BCUT2D eigenvalue weighted by Gasteiger charge is 2.22. The second-order valence-corrected chi connectivity index (χ2v) is 5.94. The monoisotopic (exact) mass is 262 g/mol. The van der Waals surface area contributed by atoms with Gasteiger partial charge in [-0.15, -0.1) is 0 Å². The van der Waals surface area contributed by atoms with Gasteiger partial charge in [0.1, 0.15) is 0 Å². The van der Waals surface area contributed by atoms with E-state index in [0.717, 1.165) is 0 Å². The molecule has 2 N–H and O–H groups in total. The van der Waals surface area contributed by atoms with Gasteiger partial charge in [0.15, 0.2) is 5.03 Å². The number of hydrogen-bond donors (Lipinski definition) is 1. The summed E-state index contributed by atoms with van der Waals surface area (Å²) in [5.41, 5.74) is 5.32.